The molecule has 1 N–H and O–H groups in total. The molecule has 1 aliphatic rings. The quantitative estimate of drug-likeness (QED) is 0.839. The van der Waals surface area contributed by atoms with Crippen LogP contribution in [0.1, 0.15) is 21.5 Å². The van der Waals surface area contributed by atoms with Crippen LogP contribution in [0.5, 0.6) is 5.75 Å². The highest BCUT2D eigenvalue weighted by Crippen LogP contribution is 2.19. The summed E-state index contributed by atoms with van der Waals surface area (Å²) in [4.78, 5) is 37.8. The molecule has 128 valence electrons. The average molecular weight is 338 g/mol. The molecule has 0 aromatic heterocycles. The lowest BCUT2D eigenvalue weighted by Gasteiger charge is -2.26. The molecule has 0 saturated carbocycles. The number of carbonyl (C=O) groups excluding carboxylic acids is 3. The maximum atomic E-state index is 12.4. The molecule has 1 aliphatic heterocycles. The number of imide groups is 1. The Balaban J connectivity index is 1.63. The summed E-state index contributed by atoms with van der Waals surface area (Å²) in [5.41, 5.74) is 2.04. The number of amides is 3. The van der Waals surface area contributed by atoms with Gasteiger partial charge in [-0.15, -0.1) is 0 Å². The van der Waals surface area contributed by atoms with E-state index >= 15 is 0 Å². The van der Waals surface area contributed by atoms with Crippen molar-refractivity contribution in [2.45, 2.75) is 13.0 Å². The smallest absolute Gasteiger partial charge is 0.261 e. The number of nitrogens with one attached hydrogen (secondary N) is 1. The van der Waals surface area contributed by atoms with Gasteiger partial charge in [-0.25, -0.2) is 0 Å². The lowest BCUT2D eigenvalue weighted by Crippen LogP contribution is -2.47. The number of nitrogens with zero attached hydrogens (tertiary/aromatic N) is 1. The van der Waals surface area contributed by atoms with Crippen molar-refractivity contribution in [1.82, 2.24) is 10.2 Å². The zero-order valence-electron chi connectivity index (χ0n) is 13.8. The Morgan fingerprint density at radius 3 is 2.76 bits per heavy atom. The summed E-state index contributed by atoms with van der Waals surface area (Å²) in [6, 6.07) is 14.3. The highest BCUT2D eigenvalue weighted by Gasteiger charge is 2.31. The van der Waals surface area contributed by atoms with E-state index in [4.69, 9.17) is 4.74 Å². The zero-order valence-corrected chi connectivity index (χ0v) is 13.8. The minimum atomic E-state index is -0.427. The maximum absolute atomic E-state index is 12.4. The van der Waals surface area contributed by atoms with E-state index in [-0.39, 0.29) is 24.8 Å². The van der Waals surface area contributed by atoms with E-state index in [0.29, 0.717) is 23.4 Å². The lowest BCUT2D eigenvalue weighted by atomic mass is 9.98. The molecule has 3 amide bonds. The highest BCUT2D eigenvalue weighted by molar-refractivity contribution is 6.11. The van der Waals surface area contributed by atoms with Gasteiger partial charge in [0.15, 0.2) is 0 Å². The molecule has 3 rings (SSSR count). The van der Waals surface area contributed by atoms with Gasteiger partial charge in [0.1, 0.15) is 12.3 Å². The fourth-order valence-electron chi connectivity index (χ4n) is 2.74. The summed E-state index contributed by atoms with van der Waals surface area (Å²) >= 11 is 0. The fraction of sp³-hybridized carbons (Fsp3) is 0.211. The number of carbonyl (C=O) groups is 3. The number of methoxy groups -OCH3 is 1. The minimum Gasteiger partial charge on any atom is -0.497 e. The van der Waals surface area contributed by atoms with Crippen LogP contribution >= 0.6 is 0 Å². The molecule has 25 heavy (non-hydrogen) atoms. The van der Waals surface area contributed by atoms with Gasteiger partial charge >= 0.3 is 0 Å². The Morgan fingerprint density at radius 1 is 1.16 bits per heavy atom. The first-order chi connectivity index (χ1) is 12.1. The third-order valence-corrected chi connectivity index (χ3v) is 4.06. The molecular formula is C19H18N2O4. The van der Waals surface area contributed by atoms with E-state index in [0.717, 1.165) is 10.5 Å². The van der Waals surface area contributed by atoms with E-state index in [1.54, 1.807) is 31.4 Å². The summed E-state index contributed by atoms with van der Waals surface area (Å²) < 4.78 is 5.13. The van der Waals surface area contributed by atoms with Crippen LogP contribution in [0.25, 0.3) is 0 Å². The normalized spacial score (nSPS) is 13.4. The topological polar surface area (TPSA) is 75.7 Å². The van der Waals surface area contributed by atoms with Crippen LogP contribution in [0.2, 0.25) is 0 Å². The van der Waals surface area contributed by atoms with E-state index in [1.165, 1.54) is 0 Å². The van der Waals surface area contributed by atoms with Crippen molar-refractivity contribution in [1.29, 1.82) is 0 Å². The maximum Gasteiger partial charge on any atom is 0.261 e. The number of fused-ring (bicyclic) bond motifs is 1. The number of rotatable bonds is 5. The van der Waals surface area contributed by atoms with Gasteiger partial charge in [0, 0.05) is 12.1 Å². The van der Waals surface area contributed by atoms with Crippen LogP contribution in [0.3, 0.4) is 0 Å². The molecule has 6 nitrogen and oxygen atoms in total. The zero-order chi connectivity index (χ0) is 17.8. The molecule has 0 radical (unpaired) electrons. The molecule has 2 aromatic carbocycles. The second kappa shape index (κ2) is 7.17. The largest absolute Gasteiger partial charge is 0.497 e. The third kappa shape index (κ3) is 3.68. The Bertz CT molecular complexity index is 832. The average Bonchev–Trinajstić information content (AvgIpc) is 2.63. The van der Waals surface area contributed by atoms with Crippen LogP contribution in [-0.4, -0.2) is 36.3 Å². The van der Waals surface area contributed by atoms with E-state index in [1.807, 2.05) is 24.3 Å². The molecule has 1 heterocycles. The Kier molecular flexibility index (Phi) is 4.79. The van der Waals surface area contributed by atoms with E-state index in [9.17, 15) is 14.4 Å². The van der Waals surface area contributed by atoms with E-state index < -0.39 is 5.91 Å². The SMILES string of the molecule is COc1cccc(CNC(=O)CN2C(=O)Cc3ccccc3C2=O)c1. The summed E-state index contributed by atoms with van der Waals surface area (Å²) in [5.74, 6) is -0.475. The molecule has 0 aliphatic carbocycles. The van der Waals surface area contributed by atoms with Gasteiger partial charge in [0.2, 0.25) is 11.8 Å². The van der Waals surface area contributed by atoms with Crippen molar-refractivity contribution < 1.29 is 19.1 Å². The van der Waals surface area contributed by atoms with Gasteiger partial charge < -0.3 is 10.1 Å². The standard InChI is InChI=1S/C19H18N2O4/c1-25-15-7-4-5-13(9-15)11-20-17(22)12-21-18(23)10-14-6-2-3-8-16(14)19(21)24/h2-9H,10-12H2,1H3,(H,20,22). The van der Waals surface area contributed by atoms with Crippen molar-refractivity contribution in [2.24, 2.45) is 0 Å². The van der Waals surface area contributed by atoms with Crippen molar-refractivity contribution in [2.75, 3.05) is 13.7 Å². The van der Waals surface area contributed by atoms with Gasteiger partial charge in [-0.3, -0.25) is 19.3 Å². The molecule has 0 fully saturated rings. The Hall–Kier alpha value is -3.15. The van der Waals surface area contributed by atoms with Crippen molar-refractivity contribution in [3.05, 3.63) is 65.2 Å². The minimum absolute atomic E-state index is 0.130. The van der Waals surface area contributed by atoms with Crippen molar-refractivity contribution in [3.8, 4) is 5.75 Å². The van der Waals surface area contributed by atoms with Gasteiger partial charge in [-0.1, -0.05) is 30.3 Å². The number of hydrogen-bond acceptors (Lipinski definition) is 4. The van der Waals surface area contributed by atoms with Crippen molar-refractivity contribution >= 4 is 17.7 Å². The summed E-state index contributed by atoms with van der Waals surface area (Å²) in [6.07, 6.45) is 0.130. The fourth-order valence-corrected chi connectivity index (χ4v) is 2.74. The molecule has 0 unspecified atom stereocenters. The van der Waals surface area contributed by atoms with Gasteiger partial charge in [0.05, 0.1) is 13.5 Å². The third-order valence-electron chi connectivity index (χ3n) is 4.06. The summed E-state index contributed by atoms with van der Waals surface area (Å²) in [5, 5.41) is 2.72. The molecule has 0 atom stereocenters. The van der Waals surface area contributed by atoms with Gasteiger partial charge in [-0.05, 0) is 29.3 Å². The second-order valence-corrected chi connectivity index (χ2v) is 5.75. The van der Waals surface area contributed by atoms with Crippen LogP contribution in [0, 0.1) is 0 Å². The predicted molar refractivity (Wildman–Crippen MR) is 91.0 cm³/mol. The number of ether oxygens (including phenoxy) is 1. The lowest BCUT2D eigenvalue weighted by molar-refractivity contribution is -0.133. The first-order valence-corrected chi connectivity index (χ1v) is 7.90. The molecule has 2 aromatic rings. The molecule has 0 spiro atoms. The second-order valence-electron chi connectivity index (χ2n) is 5.75. The predicted octanol–water partition coefficient (Wildman–Crippen LogP) is 1.54. The van der Waals surface area contributed by atoms with E-state index in [2.05, 4.69) is 5.32 Å². The number of hydrogen-bond donors (Lipinski definition) is 1. The molecule has 0 bridgehead atoms. The van der Waals surface area contributed by atoms with Crippen LogP contribution in [0.15, 0.2) is 48.5 Å². The molecule has 0 saturated heterocycles. The van der Waals surface area contributed by atoms with Crippen LogP contribution in [0.4, 0.5) is 0 Å². The first kappa shape index (κ1) is 16.7. The Morgan fingerprint density at radius 2 is 1.96 bits per heavy atom. The van der Waals surface area contributed by atoms with Crippen LogP contribution in [-0.2, 0) is 22.6 Å². The summed E-state index contributed by atoms with van der Waals surface area (Å²) in [6.45, 7) is 0.0127. The van der Waals surface area contributed by atoms with Gasteiger partial charge in [0.25, 0.3) is 5.91 Å². The first-order valence-electron chi connectivity index (χ1n) is 7.90. The van der Waals surface area contributed by atoms with Crippen molar-refractivity contribution in [3.63, 3.8) is 0 Å². The Labute approximate surface area is 145 Å². The highest BCUT2D eigenvalue weighted by atomic mass is 16.5. The molecular weight excluding hydrogens is 320 g/mol. The monoisotopic (exact) mass is 338 g/mol. The van der Waals surface area contributed by atoms with Gasteiger partial charge in [-0.2, -0.15) is 0 Å². The summed E-state index contributed by atoms with van der Waals surface area (Å²) in [7, 11) is 1.57. The molecule has 6 heteroatoms. The number of benzene rings is 2. The van der Waals surface area contributed by atoms with Crippen LogP contribution < -0.4 is 10.1 Å².